The molecule has 2 rings (SSSR count). The van der Waals surface area contributed by atoms with E-state index in [1.165, 1.54) is 13.3 Å². The van der Waals surface area contributed by atoms with Gasteiger partial charge >= 0.3 is 5.97 Å². The molecule has 0 unspecified atom stereocenters. The zero-order valence-corrected chi connectivity index (χ0v) is 10.3. The Balaban J connectivity index is 2.37. The Hall–Kier alpha value is -1.52. The molecule has 17 heavy (non-hydrogen) atoms. The first-order chi connectivity index (χ1) is 8.11. The van der Waals surface area contributed by atoms with E-state index < -0.39 is 5.97 Å². The number of benzene rings is 1. The number of imidazole rings is 1. The van der Waals surface area contributed by atoms with E-state index in [0.717, 1.165) is 5.56 Å². The van der Waals surface area contributed by atoms with Crippen molar-refractivity contribution >= 4 is 29.2 Å². The molecule has 0 amide bonds. The maximum absolute atomic E-state index is 11.2. The van der Waals surface area contributed by atoms with Crippen molar-refractivity contribution in [2.24, 2.45) is 0 Å². The fraction of sp³-hybridized carbons (Fsp3) is 0.0909. The van der Waals surface area contributed by atoms with E-state index >= 15 is 0 Å². The third-order valence-electron chi connectivity index (χ3n) is 2.17. The average molecular weight is 271 g/mol. The molecule has 0 atom stereocenters. The summed E-state index contributed by atoms with van der Waals surface area (Å²) in [5.74, 6) is 0.0628. The second kappa shape index (κ2) is 4.77. The van der Waals surface area contributed by atoms with Crippen LogP contribution in [0.1, 0.15) is 10.5 Å². The number of hydrogen-bond acceptors (Lipinski definition) is 3. The van der Waals surface area contributed by atoms with Gasteiger partial charge in [-0.25, -0.2) is 9.78 Å². The Morgan fingerprint density at radius 2 is 2.12 bits per heavy atom. The molecule has 0 saturated carbocycles. The van der Waals surface area contributed by atoms with Crippen LogP contribution < -0.4 is 0 Å². The van der Waals surface area contributed by atoms with E-state index in [2.05, 4.69) is 14.7 Å². The summed E-state index contributed by atoms with van der Waals surface area (Å²) >= 11 is 11.7. The number of rotatable bonds is 2. The maximum Gasteiger partial charge on any atom is 0.356 e. The predicted octanol–water partition coefficient (Wildman–Crippen LogP) is 3.17. The number of nitrogens with one attached hydrogen (secondary N) is 1. The first kappa shape index (κ1) is 12.0. The molecule has 0 fully saturated rings. The summed E-state index contributed by atoms with van der Waals surface area (Å²) in [6, 6.07) is 5.09. The number of carbonyl (C=O) groups excluding carboxylic acids is 1. The number of aromatic amines is 1. The van der Waals surface area contributed by atoms with Crippen molar-refractivity contribution in [2.75, 3.05) is 7.11 Å². The van der Waals surface area contributed by atoms with Gasteiger partial charge in [0.15, 0.2) is 0 Å². The number of carbonyl (C=O) groups is 1. The fourth-order valence-corrected chi connectivity index (χ4v) is 1.62. The van der Waals surface area contributed by atoms with Gasteiger partial charge < -0.3 is 9.72 Å². The first-order valence-corrected chi connectivity index (χ1v) is 5.46. The van der Waals surface area contributed by atoms with Gasteiger partial charge in [-0.1, -0.05) is 23.2 Å². The van der Waals surface area contributed by atoms with Crippen LogP contribution in [0.15, 0.2) is 24.4 Å². The van der Waals surface area contributed by atoms with Crippen molar-refractivity contribution in [1.82, 2.24) is 9.97 Å². The zero-order chi connectivity index (χ0) is 12.4. The van der Waals surface area contributed by atoms with Gasteiger partial charge in [-0.05, 0) is 18.2 Å². The van der Waals surface area contributed by atoms with Crippen molar-refractivity contribution in [2.45, 2.75) is 0 Å². The largest absolute Gasteiger partial charge is 0.464 e. The first-order valence-electron chi connectivity index (χ1n) is 4.70. The van der Waals surface area contributed by atoms with Crippen LogP contribution in [0.25, 0.3) is 11.4 Å². The van der Waals surface area contributed by atoms with E-state index in [-0.39, 0.29) is 5.69 Å². The van der Waals surface area contributed by atoms with Gasteiger partial charge in [0.05, 0.1) is 23.4 Å². The summed E-state index contributed by atoms with van der Waals surface area (Å²) in [5.41, 5.74) is 1.03. The summed E-state index contributed by atoms with van der Waals surface area (Å²) in [5, 5.41) is 0.898. The minimum Gasteiger partial charge on any atom is -0.464 e. The molecule has 2 aromatic rings. The quantitative estimate of drug-likeness (QED) is 0.853. The second-order valence-corrected chi connectivity index (χ2v) is 4.08. The number of halogens is 2. The lowest BCUT2D eigenvalue weighted by Gasteiger charge is -1.99. The third kappa shape index (κ3) is 2.43. The van der Waals surface area contributed by atoms with Gasteiger partial charge in [0.1, 0.15) is 11.5 Å². The molecule has 0 bridgehead atoms. The molecule has 0 aliphatic rings. The van der Waals surface area contributed by atoms with Crippen molar-refractivity contribution in [3.05, 3.63) is 40.1 Å². The smallest absolute Gasteiger partial charge is 0.356 e. The topological polar surface area (TPSA) is 55.0 Å². The number of aromatic nitrogens is 2. The highest BCUT2D eigenvalue weighted by Crippen LogP contribution is 2.26. The van der Waals surface area contributed by atoms with Crippen molar-refractivity contribution in [1.29, 1.82) is 0 Å². The van der Waals surface area contributed by atoms with Crippen LogP contribution in [0, 0.1) is 0 Å². The average Bonchev–Trinajstić information content (AvgIpc) is 2.81. The minimum absolute atomic E-state index is 0.286. The highest BCUT2D eigenvalue weighted by Gasteiger charge is 2.11. The molecule has 88 valence electrons. The van der Waals surface area contributed by atoms with Gasteiger partial charge in [-0.3, -0.25) is 0 Å². The van der Waals surface area contributed by atoms with Crippen LogP contribution in [0.4, 0.5) is 0 Å². The molecule has 0 aliphatic carbocycles. The highest BCUT2D eigenvalue weighted by atomic mass is 35.5. The molecule has 1 N–H and O–H groups in total. The molecule has 0 spiro atoms. The molecule has 6 heteroatoms. The Kier molecular flexibility index (Phi) is 3.36. The molecule has 0 radical (unpaired) electrons. The van der Waals surface area contributed by atoms with Gasteiger partial charge in [-0.15, -0.1) is 0 Å². The van der Waals surface area contributed by atoms with Crippen LogP contribution in [0.3, 0.4) is 0 Å². The lowest BCUT2D eigenvalue weighted by Crippen LogP contribution is -2.00. The molecular weight excluding hydrogens is 263 g/mol. The van der Waals surface area contributed by atoms with Gasteiger partial charge in [-0.2, -0.15) is 0 Å². The van der Waals surface area contributed by atoms with E-state index in [0.29, 0.717) is 15.9 Å². The molecular formula is C11H8Cl2N2O2. The van der Waals surface area contributed by atoms with Gasteiger partial charge in [0, 0.05) is 5.56 Å². The Morgan fingerprint density at radius 1 is 1.35 bits per heavy atom. The van der Waals surface area contributed by atoms with Crippen LogP contribution in [-0.4, -0.2) is 23.0 Å². The summed E-state index contributed by atoms with van der Waals surface area (Å²) < 4.78 is 4.57. The predicted molar refractivity (Wildman–Crippen MR) is 65.4 cm³/mol. The van der Waals surface area contributed by atoms with Gasteiger partial charge in [0.25, 0.3) is 0 Å². The Bertz CT molecular complexity index is 566. The van der Waals surface area contributed by atoms with Crippen molar-refractivity contribution in [3.63, 3.8) is 0 Å². The van der Waals surface area contributed by atoms with Gasteiger partial charge in [0.2, 0.25) is 0 Å². The van der Waals surface area contributed by atoms with E-state index in [9.17, 15) is 4.79 Å². The van der Waals surface area contributed by atoms with E-state index in [1.807, 2.05) is 0 Å². The number of hydrogen-bond donors (Lipinski definition) is 1. The number of H-pyrrole nitrogens is 1. The lowest BCUT2D eigenvalue weighted by molar-refractivity contribution is 0.0595. The SMILES string of the molecule is COC(=O)c1cnc(-c2ccc(Cl)c(Cl)c2)[nH]1. The van der Waals surface area contributed by atoms with E-state index in [4.69, 9.17) is 23.2 Å². The second-order valence-electron chi connectivity index (χ2n) is 3.27. The molecule has 1 aromatic heterocycles. The van der Waals surface area contributed by atoms with Crippen LogP contribution in [0.5, 0.6) is 0 Å². The highest BCUT2D eigenvalue weighted by molar-refractivity contribution is 6.42. The van der Waals surface area contributed by atoms with Crippen LogP contribution >= 0.6 is 23.2 Å². The molecule has 1 aromatic carbocycles. The lowest BCUT2D eigenvalue weighted by atomic mass is 10.2. The van der Waals surface area contributed by atoms with Crippen LogP contribution in [-0.2, 0) is 4.74 Å². The monoisotopic (exact) mass is 270 g/mol. The number of esters is 1. The summed E-state index contributed by atoms with van der Waals surface area (Å²) in [6.45, 7) is 0. The van der Waals surface area contributed by atoms with Crippen LogP contribution in [0.2, 0.25) is 10.0 Å². The minimum atomic E-state index is -0.469. The third-order valence-corrected chi connectivity index (χ3v) is 2.91. The molecule has 1 heterocycles. The molecule has 0 aliphatic heterocycles. The maximum atomic E-state index is 11.2. The van der Waals surface area contributed by atoms with Crippen molar-refractivity contribution < 1.29 is 9.53 Å². The summed E-state index contributed by atoms with van der Waals surface area (Å²) in [4.78, 5) is 18.1. The number of methoxy groups -OCH3 is 1. The number of nitrogens with zero attached hydrogens (tertiary/aromatic N) is 1. The van der Waals surface area contributed by atoms with Crippen molar-refractivity contribution in [3.8, 4) is 11.4 Å². The Labute approximate surface area is 108 Å². The normalized spacial score (nSPS) is 10.3. The van der Waals surface area contributed by atoms with E-state index in [1.54, 1.807) is 18.2 Å². The molecule has 0 saturated heterocycles. The fourth-order valence-electron chi connectivity index (χ4n) is 1.33. The Morgan fingerprint density at radius 3 is 2.76 bits per heavy atom. The summed E-state index contributed by atoms with van der Waals surface area (Å²) in [7, 11) is 1.31. The molecule has 4 nitrogen and oxygen atoms in total. The standard InChI is InChI=1S/C11H8Cl2N2O2/c1-17-11(16)9-5-14-10(15-9)6-2-3-7(12)8(13)4-6/h2-5H,1H3,(H,14,15). The zero-order valence-electron chi connectivity index (χ0n) is 8.83. The summed E-state index contributed by atoms with van der Waals surface area (Å²) in [6.07, 6.45) is 1.41. The number of ether oxygens (including phenoxy) is 1.